The van der Waals surface area contributed by atoms with Gasteiger partial charge in [-0.25, -0.2) is 0 Å². The Bertz CT molecular complexity index is 741. The van der Waals surface area contributed by atoms with Gasteiger partial charge in [-0.3, -0.25) is 20.4 Å². The molecule has 0 bridgehead atoms. The number of hydrogen-bond donors (Lipinski definition) is 2. The minimum atomic E-state index is -0.456. The average Bonchev–Trinajstić information content (AvgIpc) is 2.65. The zero-order valence-corrected chi connectivity index (χ0v) is 14.0. The number of hydrazine groups is 1. The Hall–Kier alpha value is -3.28. The van der Waals surface area contributed by atoms with E-state index in [0.29, 0.717) is 17.1 Å². The van der Waals surface area contributed by atoms with Gasteiger partial charge in [0.1, 0.15) is 18.1 Å². The van der Waals surface area contributed by atoms with E-state index in [-0.39, 0.29) is 18.9 Å². The topological polar surface area (TPSA) is 76.7 Å². The lowest BCUT2D eigenvalue weighted by Crippen LogP contribution is -2.42. The molecule has 0 unspecified atom stereocenters. The number of carbonyl (C=O) groups excluding carboxylic acids is 2. The third kappa shape index (κ3) is 5.39. The third-order valence-electron chi connectivity index (χ3n) is 3.33. The second-order valence-electron chi connectivity index (χ2n) is 5.12. The summed E-state index contributed by atoms with van der Waals surface area (Å²) >= 11 is 0. The second-order valence-corrected chi connectivity index (χ2v) is 5.12. The highest BCUT2D eigenvalue weighted by Gasteiger charge is 2.13. The van der Waals surface area contributed by atoms with E-state index in [1.54, 1.807) is 61.7 Å². The van der Waals surface area contributed by atoms with Gasteiger partial charge in [-0.05, 0) is 29.8 Å². The molecule has 6 nitrogen and oxygen atoms in total. The summed E-state index contributed by atoms with van der Waals surface area (Å²) in [6.45, 7) is 3.86. The Morgan fingerprint density at radius 1 is 1.08 bits per heavy atom. The molecule has 2 rings (SSSR count). The van der Waals surface area contributed by atoms with Gasteiger partial charge >= 0.3 is 0 Å². The van der Waals surface area contributed by atoms with Gasteiger partial charge in [0, 0.05) is 0 Å². The first-order chi connectivity index (χ1) is 12.1. The van der Waals surface area contributed by atoms with Gasteiger partial charge < -0.3 is 9.47 Å². The fraction of sp³-hybridized carbons (Fsp3) is 0.158. The van der Waals surface area contributed by atoms with E-state index >= 15 is 0 Å². The van der Waals surface area contributed by atoms with Crippen LogP contribution >= 0.6 is 0 Å². The molecule has 0 aliphatic heterocycles. The second kappa shape index (κ2) is 9.12. The van der Waals surface area contributed by atoms with E-state index in [0.717, 1.165) is 5.56 Å². The van der Waals surface area contributed by atoms with Crippen LogP contribution in [0.1, 0.15) is 15.9 Å². The van der Waals surface area contributed by atoms with Crippen molar-refractivity contribution >= 4 is 11.8 Å². The van der Waals surface area contributed by atoms with Crippen molar-refractivity contribution in [2.24, 2.45) is 0 Å². The molecule has 2 aromatic carbocycles. The quantitative estimate of drug-likeness (QED) is 0.599. The Kier molecular flexibility index (Phi) is 6.59. The lowest BCUT2D eigenvalue weighted by molar-refractivity contribution is -0.121. The maximum Gasteiger partial charge on any atom is 0.273 e. The first-order valence-electron chi connectivity index (χ1n) is 7.69. The molecule has 0 aliphatic carbocycles. The normalized spacial score (nSPS) is 9.80. The van der Waals surface area contributed by atoms with E-state index in [2.05, 4.69) is 17.4 Å². The van der Waals surface area contributed by atoms with Crippen LogP contribution in [0.5, 0.6) is 11.5 Å². The minimum absolute atomic E-state index is 0.138. The van der Waals surface area contributed by atoms with Crippen molar-refractivity contribution in [3.63, 3.8) is 0 Å². The number of ether oxygens (including phenoxy) is 2. The standard InChI is InChI=1S/C19H20N2O4/c1-3-12-25-17-7-5-4-6-16(17)19(23)21-20-18(22)13-14-8-10-15(24-2)11-9-14/h3-11H,1,12-13H2,2H3,(H,20,22)(H,21,23). The van der Waals surface area contributed by atoms with Crippen LogP contribution < -0.4 is 20.3 Å². The lowest BCUT2D eigenvalue weighted by Gasteiger charge is -2.11. The molecule has 0 spiro atoms. The molecule has 6 heteroatoms. The zero-order chi connectivity index (χ0) is 18.1. The first kappa shape index (κ1) is 18.1. The first-order valence-corrected chi connectivity index (χ1v) is 7.69. The average molecular weight is 340 g/mol. The molecule has 130 valence electrons. The molecular formula is C19H20N2O4. The van der Waals surface area contributed by atoms with Gasteiger partial charge in [-0.1, -0.05) is 36.9 Å². The smallest absolute Gasteiger partial charge is 0.273 e. The summed E-state index contributed by atoms with van der Waals surface area (Å²) in [5.74, 6) is 0.351. The van der Waals surface area contributed by atoms with Crippen LogP contribution in [0.4, 0.5) is 0 Å². The Morgan fingerprint density at radius 3 is 2.48 bits per heavy atom. The monoisotopic (exact) mass is 340 g/mol. The van der Waals surface area contributed by atoms with Crippen molar-refractivity contribution in [2.45, 2.75) is 6.42 Å². The summed E-state index contributed by atoms with van der Waals surface area (Å²) < 4.78 is 10.5. The van der Waals surface area contributed by atoms with Gasteiger partial charge in [0.05, 0.1) is 19.1 Å². The van der Waals surface area contributed by atoms with Crippen LogP contribution in [0, 0.1) is 0 Å². The van der Waals surface area contributed by atoms with Crippen LogP contribution in [-0.2, 0) is 11.2 Å². The largest absolute Gasteiger partial charge is 0.497 e. The van der Waals surface area contributed by atoms with E-state index < -0.39 is 5.91 Å². The van der Waals surface area contributed by atoms with E-state index in [4.69, 9.17) is 9.47 Å². The van der Waals surface area contributed by atoms with Crippen LogP contribution in [0.2, 0.25) is 0 Å². The van der Waals surface area contributed by atoms with Gasteiger partial charge in [-0.2, -0.15) is 0 Å². The molecule has 0 radical (unpaired) electrons. The summed E-state index contributed by atoms with van der Waals surface area (Å²) in [6, 6.07) is 13.9. The zero-order valence-electron chi connectivity index (χ0n) is 14.0. The summed E-state index contributed by atoms with van der Waals surface area (Å²) in [5, 5.41) is 0. The van der Waals surface area contributed by atoms with Crippen LogP contribution in [0.15, 0.2) is 61.2 Å². The van der Waals surface area contributed by atoms with Crippen molar-refractivity contribution in [2.75, 3.05) is 13.7 Å². The molecule has 0 atom stereocenters. The van der Waals surface area contributed by atoms with Gasteiger partial charge in [-0.15, -0.1) is 0 Å². The van der Waals surface area contributed by atoms with Crippen molar-refractivity contribution in [1.29, 1.82) is 0 Å². The van der Waals surface area contributed by atoms with Crippen molar-refractivity contribution in [1.82, 2.24) is 10.9 Å². The molecule has 2 N–H and O–H groups in total. The molecular weight excluding hydrogens is 320 g/mol. The number of rotatable bonds is 7. The van der Waals surface area contributed by atoms with E-state index in [9.17, 15) is 9.59 Å². The number of hydrogen-bond acceptors (Lipinski definition) is 4. The van der Waals surface area contributed by atoms with Crippen molar-refractivity contribution < 1.29 is 19.1 Å². The molecule has 0 heterocycles. The summed E-state index contributed by atoms with van der Waals surface area (Å²) in [6.07, 6.45) is 1.73. The minimum Gasteiger partial charge on any atom is -0.497 e. The van der Waals surface area contributed by atoms with Crippen LogP contribution in [0.25, 0.3) is 0 Å². The highest BCUT2D eigenvalue weighted by Crippen LogP contribution is 2.17. The third-order valence-corrected chi connectivity index (χ3v) is 3.33. The Balaban J connectivity index is 1.90. The van der Waals surface area contributed by atoms with Gasteiger partial charge in [0.2, 0.25) is 5.91 Å². The number of nitrogens with one attached hydrogen (secondary N) is 2. The Labute approximate surface area is 146 Å². The highest BCUT2D eigenvalue weighted by molar-refractivity contribution is 5.97. The molecule has 0 fully saturated rings. The fourth-order valence-corrected chi connectivity index (χ4v) is 2.10. The van der Waals surface area contributed by atoms with Gasteiger partial charge in [0.25, 0.3) is 5.91 Å². The maximum atomic E-state index is 12.2. The van der Waals surface area contributed by atoms with E-state index in [1.165, 1.54) is 0 Å². The Morgan fingerprint density at radius 2 is 1.80 bits per heavy atom. The number of benzene rings is 2. The van der Waals surface area contributed by atoms with Crippen LogP contribution in [-0.4, -0.2) is 25.5 Å². The predicted octanol–water partition coefficient (Wildman–Crippen LogP) is 2.26. The molecule has 0 aromatic heterocycles. The van der Waals surface area contributed by atoms with Crippen molar-refractivity contribution in [3.05, 3.63) is 72.3 Å². The SMILES string of the molecule is C=CCOc1ccccc1C(=O)NNC(=O)Cc1ccc(OC)cc1. The molecule has 2 amide bonds. The van der Waals surface area contributed by atoms with Crippen LogP contribution in [0.3, 0.4) is 0 Å². The summed E-state index contributed by atoms with van der Waals surface area (Å²) in [5.41, 5.74) is 5.92. The number of amides is 2. The number of methoxy groups -OCH3 is 1. The number of para-hydroxylation sites is 1. The molecule has 2 aromatic rings. The summed E-state index contributed by atoms with van der Waals surface area (Å²) in [4.78, 5) is 24.2. The lowest BCUT2D eigenvalue weighted by atomic mass is 10.1. The van der Waals surface area contributed by atoms with Crippen molar-refractivity contribution in [3.8, 4) is 11.5 Å². The molecule has 0 aliphatic rings. The molecule has 25 heavy (non-hydrogen) atoms. The number of carbonyl (C=O) groups is 2. The van der Waals surface area contributed by atoms with Gasteiger partial charge in [0.15, 0.2) is 0 Å². The summed E-state index contributed by atoms with van der Waals surface area (Å²) in [7, 11) is 1.58. The molecule has 0 saturated heterocycles. The highest BCUT2D eigenvalue weighted by atomic mass is 16.5. The predicted molar refractivity (Wildman–Crippen MR) is 94.4 cm³/mol. The maximum absolute atomic E-state index is 12.2. The van der Waals surface area contributed by atoms with E-state index in [1.807, 2.05) is 0 Å². The fourth-order valence-electron chi connectivity index (χ4n) is 2.10. The molecule has 0 saturated carbocycles.